The number of aromatic nitrogens is 4. The van der Waals surface area contributed by atoms with Crippen LogP contribution in [0.15, 0.2) is 64.9 Å². The van der Waals surface area contributed by atoms with Crippen molar-refractivity contribution in [2.75, 3.05) is 0 Å². The van der Waals surface area contributed by atoms with Crippen molar-refractivity contribution >= 4 is 29.0 Å². The first-order valence-corrected chi connectivity index (χ1v) is 9.79. The first-order valence-electron chi connectivity index (χ1n) is 8.43. The Labute approximate surface area is 165 Å². The smallest absolute Gasteiger partial charge is 0.258 e. The Hall–Kier alpha value is -2.57. The predicted molar refractivity (Wildman–Crippen MR) is 109 cm³/mol. The average Bonchev–Trinajstić information content (AvgIpc) is 3.11. The van der Waals surface area contributed by atoms with E-state index in [2.05, 4.69) is 42.0 Å². The van der Waals surface area contributed by atoms with Crippen LogP contribution in [0.25, 0.3) is 11.3 Å². The second-order valence-electron chi connectivity index (χ2n) is 6.30. The van der Waals surface area contributed by atoms with Crippen LogP contribution in [0, 0.1) is 13.8 Å². The number of rotatable bonds is 4. The number of halogens is 1. The quantitative estimate of drug-likeness (QED) is 0.478. The van der Waals surface area contributed by atoms with E-state index in [0.717, 1.165) is 10.8 Å². The molecule has 0 aliphatic heterocycles. The van der Waals surface area contributed by atoms with Gasteiger partial charge in [-0.15, -0.1) is 0 Å². The van der Waals surface area contributed by atoms with E-state index < -0.39 is 0 Å². The fraction of sp³-hybridized carbons (Fsp3) is 0.150. The molecule has 27 heavy (non-hydrogen) atoms. The van der Waals surface area contributed by atoms with Gasteiger partial charge in [-0.2, -0.15) is 0 Å². The number of pyridine rings is 1. The summed E-state index contributed by atoms with van der Waals surface area (Å²) in [5.74, 6) is 0.552. The van der Waals surface area contributed by atoms with Crippen molar-refractivity contribution in [3.05, 3.63) is 87.2 Å². The highest BCUT2D eigenvalue weighted by Gasteiger charge is 2.09. The molecular formula is C20H17ClN4OS. The summed E-state index contributed by atoms with van der Waals surface area (Å²) < 4.78 is 3.50. The van der Waals surface area contributed by atoms with Gasteiger partial charge in [0.05, 0.1) is 10.7 Å². The van der Waals surface area contributed by atoms with Gasteiger partial charge in [0, 0.05) is 36.1 Å². The molecule has 1 aromatic carbocycles. The number of aryl methyl sites for hydroxylation is 2. The van der Waals surface area contributed by atoms with Crippen molar-refractivity contribution in [2.45, 2.75) is 24.8 Å². The molecular weight excluding hydrogens is 380 g/mol. The van der Waals surface area contributed by atoms with Gasteiger partial charge in [-0.1, -0.05) is 29.4 Å². The molecule has 4 aromatic rings. The lowest BCUT2D eigenvalue weighted by Gasteiger charge is -2.10. The lowest BCUT2D eigenvalue weighted by atomic mass is 10.1. The number of imidazole rings is 1. The van der Waals surface area contributed by atoms with Crippen LogP contribution in [-0.4, -0.2) is 18.9 Å². The molecule has 3 aromatic heterocycles. The molecule has 0 amide bonds. The minimum absolute atomic E-state index is 0.143. The van der Waals surface area contributed by atoms with Crippen molar-refractivity contribution in [1.82, 2.24) is 18.9 Å². The maximum absolute atomic E-state index is 12.3. The van der Waals surface area contributed by atoms with Crippen LogP contribution in [0.5, 0.6) is 0 Å². The summed E-state index contributed by atoms with van der Waals surface area (Å²) in [6.07, 6.45) is 5.30. The van der Waals surface area contributed by atoms with E-state index >= 15 is 0 Å². The molecule has 0 aliphatic carbocycles. The van der Waals surface area contributed by atoms with E-state index in [-0.39, 0.29) is 5.56 Å². The van der Waals surface area contributed by atoms with Crippen LogP contribution < -0.4 is 5.56 Å². The molecule has 3 heterocycles. The largest absolute Gasteiger partial charge is 0.295 e. The van der Waals surface area contributed by atoms with E-state index in [1.807, 2.05) is 10.8 Å². The van der Waals surface area contributed by atoms with Crippen molar-refractivity contribution in [2.24, 2.45) is 0 Å². The summed E-state index contributed by atoms with van der Waals surface area (Å²) in [5, 5.41) is 1.36. The summed E-state index contributed by atoms with van der Waals surface area (Å²) >= 11 is 7.50. The van der Waals surface area contributed by atoms with Gasteiger partial charge in [-0.3, -0.25) is 13.8 Å². The predicted octanol–water partition coefficient (Wildman–Crippen LogP) is 4.44. The summed E-state index contributed by atoms with van der Waals surface area (Å²) in [6, 6.07) is 11.3. The number of hydrogen-bond acceptors (Lipinski definition) is 4. The average molecular weight is 397 g/mol. The van der Waals surface area contributed by atoms with Gasteiger partial charge in [0.1, 0.15) is 5.65 Å². The molecule has 0 atom stereocenters. The molecule has 0 spiro atoms. The van der Waals surface area contributed by atoms with Crippen LogP contribution in [0.4, 0.5) is 0 Å². The Balaban J connectivity index is 1.61. The fourth-order valence-electron chi connectivity index (χ4n) is 2.81. The molecule has 5 nitrogen and oxygen atoms in total. The third-order valence-electron chi connectivity index (χ3n) is 4.40. The first-order chi connectivity index (χ1) is 13.0. The monoisotopic (exact) mass is 396 g/mol. The highest BCUT2D eigenvalue weighted by Crippen LogP contribution is 2.24. The number of thioether (sulfide) groups is 1. The van der Waals surface area contributed by atoms with E-state index in [9.17, 15) is 4.79 Å². The van der Waals surface area contributed by atoms with Crippen LogP contribution in [0.3, 0.4) is 0 Å². The Morgan fingerprint density at radius 2 is 1.96 bits per heavy atom. The molecule has 0 aliphatic rings. The lowest BCUT2D eigenvalue weighted by molar-refractivity contribution is 0.891. The van der Waals surface area contributed by atoms with Crippen LogP contribution in [0.1, 0.15) is 16.8 Å². The number of nitrogens with zero attached hydrogens (tertiary/aromatic N) is 4. The van der Waals surface area contributed by atoms with Crippen molar-refractivity contribution in [3.8, 4) is 5.69 Å². The zero-order chi connectivity index (χ0) is 19.0. The molecule has 0 bridgehead atoms. The number of fused-ring (bicyclic) bond motifs is 1. The Morgan fingerprint density at radius 1 is 1.11 bits per heavy atom. The van der Waals surface area contributed by atoms with Crippen LogP contribution in [-0.2, 0) is 5.75 Å². The second kappa shape index (κ2) is 7.21. The van der Waals surface area contributed by atoms with Gasteiger partial charge in [0.15, 0.2) is 5.16 Å². The fourth-order valence-corrected chi connectivity index (χ4v) is 3.83. The maximum Gasteiger partial charge on any atom is 0.258 e. The molecule has 0 unspecified atom stereocenters. The Morgan fingerprint density at radius 3 is 2.78 bits per heavy atom. The zero-order valence-electron chi connectivity index (χ0n) is 14.9. The van der Waals surface area contributed by atoms with E-state index in [0.29, 0.717) is 22.1 Å². The standard InChI is InChI=1S/C20H17ClN4OS/c1-13-3-5-17(9-14(13)2)24-8-7-22-20(24)27-12-16-10-19(26)25-11-15(21)4-6-18(25)23-16/h3-11H,12H2,1-2H3. The van der Waals surface area contributed by atoms with Gasteiger partial charge in [0.2, 0.25) is 0 Å². The first kappa shape index (κ1) is 17.8. The zero-order valence-corrected chi connectivity index (χ0v) is 16.5. The normalized spacial score (nSPS) is 11.2. The molecule has 0 saturated heterocycles. The van der Waals surface area contributed by atoms with E-state index in [4.69, 9.17) is 11.6 Å². The van der Waals surface area contributed by atoms with Crippen LogP contribution in [0.2, 0.25) is 5.02 Å². The summed E-state index contributed by atoms with van der Waals surface area (Å²) in [5.41, 5.74) is 4.71. The topological polar surface area (TPSA) is 52.2 Å². The van der Waals surface area contributed by atoms with Gasteiger partial charge in [-0.25, -0.2) is 9.97 Å². The second-order valence-corrected chi connectivity index (χ2v) is 7.68. The molecule has 0 radical (unpaired) electrons. The molecule has 0 N–H and O–H groups in total. The van der Waals surface area contributed by atoms with Crippen molar-refractivity contribution < 1.29 is 0 Å². The van der Waals surface area contributed by atoms with Crippen molar-refractivity contribution in [3.63, 3.8) is 0 Å². The molecule has 136 valence electrons. The lowest BCUT2D eigenvalue weighted by Crippen LogP contribution is -2.15. The summed E-state index contributed by atoms with van der Waals surface area (Å²) in [6.45, 7) is 4.20. The van der Waals surface area contributed by atoms with Gasteiger partial charge in [-0.05, 0) is 49.2 Å². The molecule has 7 heteroatoms. The van der Waals surface area contributed by atoms with Gasteiger partial charge >= 0.3 is 0 Å². The summed E-state index contributed by atoms with van der Waals surface area (Å²) in [4.78, 5) is 21.3. The molecule has 4 rings (SSSR count). The Kier molecular flexibility index (Phi) is 4.76. The van der Waals surface area contributed by atoms with Crippen LogP contribution >= 0.6 is 23.4 Å². The van der Waals surface area contributed by atoms with Crippen molar-refractivity contribution in [1.29, 1.82) is 0 Å². The van der Waals surface area contributed by atoms with E-state index in [1.54, 1.807) is 42.4 Å². The van der Waals surface area contributed by atoms with E-state index in [1.165, 1.54) is 15.5 Å². The van der Waals surface area contributed by atoms with Gasteiger partial charge in [0.25, 0.3) is 5.56 Å². The number of hydrogen-bond donors (Lipinski definition) is 0. The minimum atomic E-state index is -0.143. The maximum atomic E-state index is 12.3. The highest BCUT2D eigenvalue weighted by molar-refractivity contribution is 7.98. The SMILES string of the molecule is Cc1ccc(-n2ccnc2SCc2cc(=O)n3cc(Cl)ccc3n2)cc1C. The molecule has 0 saturated carbocycles. The third-order valence-corrected chi connectivity index (χ3v) is 5.63. The minimum Gasteiger partial charge on any atom is -0.295 e. The third kappa shape index (κ3) is 3.63. The summed E-state index contributed by atoms with van der Waals surface area (Å²) in [7, 11) is 0. The van der Waals surface area contributed by atoms with Gasteiger partial charge < -0.3 is 0 Å². The molecule has 0 fully saturated rings. The number of benzene rings is 1. The Bertz CT molecular complexity index is 1200. The highest BCUT2D eigenvalue weighted by atomic mass is 35.5.